The van der Waals surface area contributed by atoms with Gasteiger partial charge >= 0.3 is 0 Å². The zero-order valence-corrected chi connectivity index (χ0v) is 16.4. The lowest BCUT2D eigenvalue weighted by atomic mass is 9.91. The molecule has 0 unspecified atom stereocenters. The maximum absolute atomic E-state index is 12.7. The topological polar surface area (TPSA) is 54.1 Å². The van der Waals surface area contributed by atoms with Crippen molar-refractivity contribution in [2.75, 3.05) is 13.2 Å². The normalized spacial score (nSPS) is 11.9. The summed E-state index contributed by atoms with van der Waals surface area (Å²) < 4.78 is 5.45. The number of ether oxygens (including phenoxy) is 1. The second-order valence-electron chi connectivity index (χ2n) is 6.92. The predicted octanol–water partition coefficient (Wildman–Crippen LogP) is 5.13. The van der Waals surface area contributed by atoms with Crippen LogP contribution in [0, 0.1) is 0 Å². The van der Waals surface area contributed by atoms with E-state index in [9.17, 15) is 4.79 Å². The van der Waals surface area contributed by atoms with Gasteiger partial charge in [-0.05, 0) is 48.4 Å². The van der Waals surface area contributed by atoms with Gasteiger partial charge in [0.2, 0.25) is 0 Å². The molecule has 0 saturated carbocycles. The molecule has 0 aliphatic rings. The van der Waals surface area contributed by atoms with E-state index < -0.39 is 0 Å². The average molecular weight is 384 g/mol. The molecular weight excluding hydrogens is 360 g/mol. The third-order valence-corrected chi connectivity index (χ3v) is 5.09. The first-order valence-corrected chi connectivity index (χ1v) is 9.88. The van der Waals surface area contributed by atoms with Crippen molar-refractivity contribution in [3.05, 3.63) is 102 Å². The van der Waals surface area contributed by atoms with E-state index in [0.29, 0.717) is 18.7 Å². The first-order chi connectivity index (χ1) is 14.3. The quantitative estimate of drug-likeness (QED) is 0.464. The maximum Gasteiger partial charge on any atom is 0.251 e. The van der Waals surface area contributed by atoms with Crippen LogP contribution in [-0.4, -0.2) is 24.0 Å². The molecule has 0 radical (unpaired) electrons. The van der Waals surface area contributed by atoms with Crippen molar-refractivity contribution in [1.29, 1.82) is 0 Å². The first-order valence-electron chi connectivity index (χ1n) is 9.88. The number of carbonyl (C=O) groups is 1. The summed E-state index contributed by atoms with van der Waals surface area (Å²) in [5.74, 6) is 0.734. The van der Waals surface area contributed by atoms with E-state index in [4.69, 9.17) is 4.74 Å². The molecule has 0 bridgehead atoms. The minimum atomic E-state index is -0.0891. The second kappa shape index (κ2) is 8.65. The molecule has 0 aliphatic carbocycles. The Balaban J connectivity index is 1.57. The number of rotatable bonds is 7. The molecule has 146 valence electrons. The van der Waals surface area contributed by atoms with Crippen molar-refractivity contribution < 1.29 is 9.53 Å². The monoisotopic (exact) mass is 384 g/mol. The highest BCUT2D eigenvalue weighted by molar-refractivity contribution is 5.94. The van der Waals surface area contributed by atoms with Crippen LogP contribution in [0.2, 0.25) is 0 Å². The van der Waals surface area contributed by atoms with Crippen molar-refractivity contribution in [2.24, 2.45) is 0 Å². The molecule has 0 aliphatic heterocycles. The van der Waals surface area contributed by atoms with Crippen molar-refractivity contribution in [3.63, 3.8) is 0 Å². The number of nitrogens with one attached hydrogen (secondary N) is 2. The average Bonchev–Trinajstić information content (AvgIpc) is 3.19. The number of carbonyl (C=O) groups excluding carboxylic acids is 1. The van der Waals surface area contributed by atoms with Gasteiger partial charge in [-0.15, -0.1) is 0 Å². The first kappa shape index (κ1) is 18.8. The molecule has 1 atom stereocenters. The molecule has 4 aromatic rings. The number of para-hydroxylation sites is 1. The Morgan fingerprint density at radius 1 is 0.966 bits per heavy atom. The Morgan fingerprint density at radius 3 is 2.45 bits per heavy atom. The molecule has 29 heavy (non-hydrogen) atoms. The van der Waals surface area contributed by atoms with Crippen LogP contribution in [-0.2, 0) is 0 Å². The minimum absolute atomic E-state index is 0.0546. The van der Waals surface area contributed by atoms with Gasteiger partial charge in [-0.3, -0.25) is 4.79 Å². The number of amides is 1. The minimum Gasteiger partial charge on any atom is -0.494 e. The summed E-state index contributed by atoms with van der Waals surface area (Å²) in [5, 5.41) is 4.29. The van der Waals surface area contributed by atoms with Crippen molar-refractivity contribution >= 4 is 16.8 Å². The van der Waals surface area contributed by atoms with Crippen LogP contribution in [0.3, 0.4) is 0 Å². The van der Waals surface area contributed by atoms with Gasteiger partial charge in [0.25, 0.3) is 5.91 Å². The summed E-state index contributed by atoms with van der Waals surface area (Å²) in [5.41, 5.74) is 4.07. The standard InChI is InChI=1S/C25H24N2O2/c1-2-29-20-14-12-19(13-15-20)25(28)27-16-22(18-8-4-3-5-9-18)23-17-26-24-11-7-6-10-21(23)24/h3-15,17,22,26H,2,16H2,1H3,(H,27,28)/t22-/m0/s1. The Kier molecular flexibility index (Phi) is 5.61. The number of H-pyrrole nitrogens is 1. The summed E-state index contributed by atoms with van der Waals surface area (Å²) >= 11 is 0. The van der Waals surface area contributed by atoms with E-state index in [1.165, 1.54) is 16.5 Å². The predicted molar refractivity (Wildman–Crippen MR) is 117 cm³/mol. The second-order valence-corrected chi connectivity index (χ2v) is 6.92. The molecule has 4 nitrogen and oxygen atoms in total. The van der Waals surface area contributed by atoms with E-state index in [2.05, 4.69) is 34.6 Å². The van der Waals surface area contributed by atoms with Gasteiger partial charge in [0, 0.05) is 35.1 Å². The van der Waals surface area contributed by atoms with Crippen molar-refractivity contribution in [3.8, 4) is 5.75 Å². The molecule has 1 aromatic heterocycles. The SMILES string of the molecule is CCOc1ccc(C(=O)NC[C@@H](c2ccccc2)c2c[nH]c3ccccc23)cc1. The Labute approximate surface area is 170 Å². The fraction of sp³-hybridized carbons (Fsp3) is 0.160. The lowest BCUT2D eigenvalue weighted by Crippen LogP contribution is -2.28. The zero-order chi connectivity index (χ0) is 20.1. The number of aromatic amines is 1. The Hall–Kier alpha value is -3.53. The molecule has 0 fully saturated rings. The van der Waals surface area contributed by atoms with Crippen LogP contribution in [0.15, 0.2) is 85.1 Å². The Morgan fingerprint density at radius 2 is 1.69 bits per heavy atom. The molecule has 3 aromatic carbocycles. The molecular formula is C25H24N2O2. The fourth-order valence-corrected chi connectivity index (χ4v) is 3.64. The van der Waals surface area contributed by atoms with Crippen LogP contribution in [0.1, 0.15) is 34.3 Å². The number of benzene rings is 3. The highest BCUT2D eigenvalue weighted by atomic mass is 16.5. The zero-order valence-electron chi connectivity index (χ0n) is 16.4. The molecule has 4 rings (SSSR count). The third kappa shape index (κ3) is 4.16. The fourth-order valence-electron chi connectivity index (χ4n) is 3.64. The summed E-state index contributed by atoms with van der Waals surface area (Å²) in [7, 11) is 0. The van der Waals surface area contributed by atoms with E-state index in [1.54, 1.807) is 12.1 Å². The number of hydrogen-bond donors (Lipinski definition) is 2. The molecule has 1 heterocycles. The van der Waals surface area contributed by atoms with E-state index in [1.807, 2.05) is 55.6 Å². The van der Waals surface area contributed by atoms with Crippen molar-refractivity contribution in [2.45, 2.75) is 12.8 Å². The van der Waals surface area contributed by atoms with Gasteiger partial charge in [-0.1, -0.05) is 48.5 Å². The van der Waals surface area contributed by atoms with Crippen LogP contribution in [0.5, 0.6) is 5.75 Å². The molecule has 0 saturated heterocycles. The van der Waals surface area contributed by atoms with Gasteiger partial charge in [-0.2, -0.15) is 0 Å². The smallest absolute Gasteiger partial charge is 0.251 e. The van der Waals surface area contributed by atoms with E-state index in [0.717, 1.165) is 11.3 Å². The largest absolute Gasteiger partial charge is 0.494 e. The number of fused-ring (bicyclic) bond motifs is 1. The molecule has 2 N–H and O–H groups in total. The maximum atomic E-state index is 12.7. The highest BCUT2D eigenvalue weighted by Crippen LogP contribution is 2.30. The molecule has 1 amide bonds. The van der Waals surface area contributed by atoms with Gasteiger partial charge in [0.1, 0.15) is 5.75 Å². The van der Waals surface area contributed by atoms with Crippen LogP contribution in [0.25, 0.3) is 10.9 Å². The van der Waals surface area contributed by atoms with Gasteiger partial charge in [0.05, 0.1) is 6.61 Å². The summed E-state index contributed by atoms with van der Waals surface area (Å²) in [6.07, 6.45) is 2.05. The van der Waals surface area contributed by atoms with Gasteiger partial charge in [-0.25, -0.2) is 0 Å². The summed E-state index contributed by atoms with van der Waals surface area (Å²) in [6.45, 7) is 3.06. The van der Waals surface area contributed by atoms with E-state index in [-0.39, 0.29) is 11.8 Å². The third-order valence-electron chi connectivity index (χ3n) is 5.09. The lowest BCUT2D eigenvalue weighted by molar-refractivity contribution is 0.0952. The van der Waals surface area contributed by atoms with E-state index >= 15 is 0 Å². The number of hydrogen-bond acceptors (Lipinski definition) is 2. The molecule has 0 spiro atoms. The Bertz CT molecular complexity index is 1080. The molecule has 4 heteroatoms. The van der Waals surface area contributed by atoms with Crippen LogP contribution < -0.4 is 10.1 Å². The summed E-state index contributed by atoms with van der Waals surface area (Å²) in [6, 6.07) is 25.8. The van der Waals surface area contributed by atoms with Gasteiger partial charge in [0.15, 0.2) is 0 Å². The highest BCUT2D eigenvalue weighted by Gasteiger charge is 2.19. The summed E-state index contributed by atoms with van der Waals surface area (Å²) in [4.78, 5) is 16.1. The van der Waals surface area contributed by atoms with Crippen LogP contribution >= 0.6 is 0 Å². The number of aromatic nitrogens is 1. The van der Waals surface area contributed by atoms with Crippen LogP contribution in [0.4, 0.5) is 0 Å². The lowest BCUT2D eigenvalue weighted by Gasteiger charge is -2.18. The van der Waals surface area contributed by atoms with Gasteiger partial charge < -0.3 is 15.0 Å². The van der Waals surface area contributed by atoms with Crippen molar-refractivity contribution in [1.82, 2.24) is 10.3 Å².